The first-order valence-electron chi connectivity index (χ1n) is 6.99. The molecule has 0 spiro atoms. The summed E-state index contributed by atoms with van der Waals surface area (Å²) in [5.41, 5.74) is 1.64. The first-order chi connectivity index (χ1) is 11.0. The lowest BCUT2D eigenvalue weighted by atomic mass is 10.1. The van der Waals surface area contributed by atoms with E-state index in [1.807, 2.05) is 42.5 Å². The maximum absolute atomic E-state index is 11.8. The molecule has 0 radical (unpaired) electrons. The molecule has 120 valence electrons. The third-order valence-electron chi connectivity index (χ3n) is 3.16. The van der Waals surface area contributed by atoms with Gasteiger partial charge in [0, 0.05) is 10.9 Å². The highest BCUT2D eigenvalue weighted by molar-refractivity contribution is 9.10. The number of hydrogen-bond donors (Lipinski definition) is 2. The van der Waals surface area contributed by atoms with Gasteiger partial charge in [-0.05, 0) is 23.3 Å². The van der Waals surface area contributed by atoms with E-state index in [1.165, 1.54) is 0 Å². The minimum atomic E-state index is -1.11. The predicted molar refractivity (Wildman–Crippen MR) is 89.0 cm³/mol. The van der Waals surface area contributed by atoms with Crippen molar-refractivity contribution in [3.05, 3.63) is 70.2 Å². The number of hydrogen-bond acceptors (Lipinski definition) is 3. The molecule has 0 aliphatic rings. The van der Waals surface area contributed by atoms with E-state index in [0.29, 0.717) is 0 Å². The van der Waals surface area contributed by atoms with Gasteiger partial charge in [0.05, 0.1) is 0 Å². The molecule has 2 N–H and O–H groups in total. The highest BCUT2D eigenvalue weighted by Gasteiger charge is 2.21. The van der Waals surface area contributed by atoms with Crippen molar-refractivity contribution in [2.75, 3.05) is 0 Å². The third-order valence-corrected chi connectivity index (χ3v) is 3.68. The second-order valence-electron chi connectivity index (χ2n) is 4.93. The normalized spacial score (nSPS) is 11.5. The SMILES string of the molecule is O=C(NC(Cc1ccc(Br)cc1)C(=O)O)OCc1ccccc1. The average molecular weight is 378 g/mol. The summed E-state index contributed by atoms with van der Waals surface area (Å²) in [6.07, 6.45) is -0.568. The number of carboxylic acid groups (broad SMARTS) is 1. The molecule has 1 atom stereocenters. The first-order valence-corrected chi connectivity index (χ1v) is 7.78. The van der Waals surface area contributed by atoms with Crippen molar-refractivity contribution >= 4 is 28.0 Å². The number of carbonyl (C=O) groups is 2. The van der Waals surface area contributed by atoms with Crippen LogP contribution in [0.3, 0.4) is 0 Å². The van der Waals surface area contributed by atoms with Gasteiger partial charge in [0.25, 0.3) is 0 Å². The predicted octanol–water partition coefficient (Wildman–Crippen LogP) is 3.37. The summed E-state index contributed by atoms with van der Waals surface area (Å²) in [5.74, 6) is -1.11. The average Bonchev–Trinajstić information content (AvgIpc) is 2.55. The Balaban J connectivity index is 1.89. The summed E-state index contributed by atoms with van der Waals surface area (Å²) < 4.78 is 5.95. The molecule has 2 aromatic rings. The molecule has 5 nitrogen and oxygen atoms in total. The summed E-state index contributed by atoms with van der Waals surface area (Å²) in [4.78, 5) is 23.1. The number of rotatable bonds is 6. The molecule has 0 bridgehead atoms. The fraction of sp³-hybridized carbons (Fsp3) is 0.176. The molecule has 0 aromatic heterocycles. The van der Waals surface area contributed by atoms with Crippen LogP contribution in [0.15, 0.2) is 59.1 Å². The van der Waals surface area contributed by atoms with Crippen LogP contribution >= 0.6 is 15.9 Å². The highest BCUT2D eigenvalue weighted by Crippen LogP contribution is 2.12. The van der Waals surface area contributed by atoms with E-state index in [1.54, 1.807) is 12.1 Å². The van der Waals surface area contributed by atoms with Crippen LogP contribution in [0.25, 0.3) is 0 Å². The van der Waals surface area contributed by atoms with Gasteiger partial charge in [-0.1, -0.05) is 58.4 Å². The summed E-state index contributed by atoms with van der Waals surface area (Å²) in [7, 11) is 0. The maximum Gasteiger partial charge on any atom is 0.408 e. The second-order valence-corrected chi connectivity index (χ2v) is 5.84. The van der Waals surface area contributed by atoms with E-state index in [2.05, 4.69) is 21.2 Å². The standard InChI is InChI=1S/C17H16BrNO4/c18-14-8-6-12(7-9-14)10-15(16(20)21)19-17(22)23-11-13-4-2-1-3-5-13/h1-9,15H,10-11H2,(H,19,22)(H,20,21). The zero-order valence-electron chi connectivity index (χ0n) is 12.2. The van der Waals surface area contributed by atoms with Crippen LogP contribution in [0, 0.1) is 0 Å². The molecular weight excluding hydrogens is 362 g/mol. The largest absolute Gasteiger partial charge is 0.480 e. The topological polar surface area (TPSA) is 75.6 Å². The molecule has 23 heavy (non-hydrogen) atoms. The van der Waals surface area contributed by atoms with Crippen molar-refractivity contribution in [3.8, 4) is 0 Å². The summed E-state index contributed by atoms with van der Waals surface area (Å²) in [6.45, 7) is 0.0945. The van der Waals surface area contributed by atoms with Crippen LogP contribution in [0.2, 0.25) is 0 Å². The second kappa shape index (κ2) is 8.33. The van der Waals surface area contributed by atoms with Crippen LogP contribution in [0.4, 0.5) is 4.79 Å². The zero-order valence-corrected chi connectivity index (χ0v) is 13.8. The number of carboxylic acids is 1. The van der Waals surface area contributed by atoms with Crippen molar-refractivity contribution in [3.63, 3.8) is 0 Å². The Bertz CT molecular complexity index is 658. The Morgan fingerprint density at radius 3 is 2.30 bits per heavy atom. The van der Waals surface area contributed by atoms with Gasteiger partial charge < -0.3 is 15.2 Å². The van der Waals surface area contributed by atoms with Crippen molar-refractivity contribution in [1.29, 1.82) is 0 Å². The fourth-order valence-corrected chi connectivity index (χ4v) is 2.23. The van der Waals surface area contributed by atoms with Gasteiger partial charge in [-0.3, -0.25) is 0 Å². The molecule has 1 amide bonds. The van der Waals surface area contributed by atoms with Crippen molar-refractivity contribution in [2.45, 2.75) is 19.1 Å². The van der Waals surface area contributed by atoms with Crippen LogP contribution in [-0.4, -0.2) is 23.2 Å². The van der Waals surface area contributed by atoms with Gasteiger partial charge in [0.15, 0.2) is 0 Å². The number of aliphatic carboxylic acids is 1. The monoisotopic (exact) mass is 377 g/mol. The molecule has 0 fully saturated rings. The Morgan fingerprint density at radius 1 is 1.04 bits per heavy atom. The van der Waals surface area contributed by atoms with E-state index < -0.39 is 18.1 Å². The molecule has 0 heterocycles. The number of alkyl carbamates (subject to hydrolysis) is 1. The number of amides is 1. The van der Waals surface area contributed by atoms with Gasteiger partial charge in [0.1, 0.15) is 12.6 Å². The van der Waals surface area contributed by atoms with Crippen molar-refractivity contribution in [2.24, 2.45) is 0 Å². The van der Waals surface area contributed by atoms with Gasteiger partial charge in [-0.2, -0.15) is 0 Å². The van der Waals surface area contributed by atoms with Crippen LogP contribution in [0.1, 0.15) is 11.1 Å². The Hall–Kier alpha value is -2.34. The molecule has 0 aliphatic carbocycles. The van der Waals surface area contributed by atoms with E-state index in [0.717, 1.165) is 15.6 Å². The van der Waals surface area contributed by atoms with Gasteiger partial charge >= 0.3 is 12.1 Å². The molecular formula is C17H16BrNO4. The maximum atomic E-state index is 11.8. The Labute approximate surface area is 142 Å². The van der Waals surface area contributed by atoms with Crippen LogP contribution in [0.5, 0.6) is 0 Å². The zero-order chi connectivity index (χ0) is 16.7. The molecule has 0 aliphatic heterocycles. The van der Waals surface area contributed by atoms with Gasteiger partial charge in [0.2, 0.25) is 0 Å². The minimum absolute atomic E-state index is 0.0945. The van der Waals surface area contributed by atoms with Crippen molar-refractivity contribution in [1.82, 2.24) is 5.32 Å². The summed E-state index contributed by atoms with van der Waals surface area (Å²) >= 11 is 3.32. The smallest absolute Gasteiger partial charge is 0.408 e. The van der Waals surface area contributed by atoms with Crippen LogP contribution in [-0.2, 0) is 22.6 Å². The lowest BCUT2D eigenvalue weighted by Gasteiger charge is -2.15. The lowest BCUT2D eigenvalue weighted by Crippen LogP contribution is -2.42. The van der Waals surface area contributed by atoms with E-state index in [-0.39, 0.29) is 13.0 Å². The minimum Gasteiger partial charge on any atom is -0.480 e. The summed E-state index contributed by atoms with van der Waals surface area (Å²) in [5, 5.41) is 11.6. The van der Waals surface area contributed by atoms with E-state index >= 15 is 0 Å². The molecule has 0 saturated carbocycles. The molecule has 0 saturated heterocycles. The van der Waals surface area contributed by atoms with E-state index in [4.69, 9.17) is 4.74 Å². The first kappa shape index (κ1) is 17.0. The molecule has 6 heteroatoms. The number of nitrogens with one attached hydrogen (secondary N) is 1. The number of halogens is 1. The van der Waals surface area contributed by atoms with E-state index in [9.17, 15) is 14.7 Å². The Morgan fingerprint density at radius 2 is 1.70 bits per heavy atom. The highest BCUT2D eigenvalue weighted by atomic mass is 79.9. The fourth-order valence-electron chi connectivity index (χ4n) is 1.96. The lowest BCUT2D eigenvalue weighted by molar-refractivity contribution is -0.139. The molecule has 1 unspecified atom stereocenters. The number of carbonyl (C=O) groups excluding carboxylic acids is 1. The van der Waals surface area contributed by atoms with Crippen LogP contribution < -0.4 is 5.32 Å². The third kappa shape index (κ3) is 5.75. The number of ether oxygens (including phenoxy) is 1. The number of benzene rings is 2. The Kier molecular flexibility index (Phi) is 6.17. The van der Waals surface area contributed by atoms with Gasteiger partial charge in [-0.25, -0.2) is 9.59 Å². The van der Waals surface area contributed by atoms with Crippen molar-refractivity contribution < 1.29 is 19.4 Å². The summed E-state index contributed by atoms with van der Waals surface area (Å²) in [6, 6.07) is 15.4. The quantitative estimate of drug-likeness (QED) is 0.808. The van der Waals surface area contributed by atoms with Gasteiger partial charge in [-0.15, -0.1) is 0 Å². The molecule has 2 aromatic carbocycles. The molecule has 2 rings (SSSR count).